The van der Waals surface area contributed by atoms with Crippen LogP contribution in [0.4, 0.5) is 5.69 Å². The first kappa shape index (κ1) is 21.5. The van der Waals surface area contributed by atoms with E-state index in [1.807, 2.05) is 6.07 Å². The van der Waals surface area contributed by atoms with E-state index in [0.717, 1.165) is 0 Å². The van der Waals surface area contributed by atoms with Gasteiger partial charge in [0.15, 0.2) is 0 Å². The van der Waals surface area contributed by atoms with Crippen molar-refractivity contribution in [2.75, 3.05) is 5.32 Å². The van der Waals surface area contributed by atoms with Gasteiger partial charge in [0.25, 0.3) is 11.8 Å². The van der Waals surface area contributed by atoms with Crippen LogP contribution in [-0.4, -0.2) is 29.1 Å². The number of hydrazine groups is 1. The van der Waals surface area contributed by atoms with Gasteiger partial charge in [0.2, 0.25) is 0 Å². The molecule has 0 aliphatic rings. The van der Waals surface area contributed by atoms with Crippen molar-refractivity contribution in [3.63, 3.8) is 0 Å². The molecule has 0 bridgehead atoms. The van der Waals surface area contributed by atoms with E-state index in [4.69, 9.17) is 28.5 Å². The fourth-order valence-electron chi connectivity index (χ4n) is 2.37. The standard InChI is InChI=1S/C19H18Cl2N4O3/c1-10-15(8-5-13(9-22)16(10)21)23-17(11(2)26)19(28)25-24-18(27)12-3-6-14(20)7-4-12/h3-8,11,17,23,26H,1-2H3,(H,24,27)(H,25,28)/t11-,17+/m0/s1. The second-order valence-corrected chi connectivity index (χ2v) is 6.84. The molecule has 146 valence electrons. The molecular weight excluding hydrogens is 403 g/mol. The average Bonchev–Trinajstić information content (AvgIpc) is 2.67. The van der Waals surface area contributed by atoms with Crippen LogP contribution in [0.5, 0.6) is 0 Å². The van der Waals surface area contributed by atoms with Gasteiger partial charge in [-0.15, -0.1) is 0 Å². The van der Waals surface area contributed by atoms with Crippen molar-refractivity contribution in [3.8, 4) is 6.07 Å². The number of aliphatic hydroxyl groups excluding tert-OH is 1. The fraction of sp³-hybridized carbons (Fsp3) is 0.211. The van der Waals surface area contributed by atoms with E-state index in [2.05, 4.69) is 16.2 Å². The minimum absolute atomic E-state index is 0.258. The minimum atomic E-state index is -1.08. The summed E-state index contributed by atoms with van der Waals surface area (Å²) in [4.78, 5) is 24.5. The van der Waals surface area contributed by atoms with Crippen LogP contribution in [0.2, 0.25) is 10.0 Å². The number of hydrogen-bond donors (Lipinski definition) is 4. The summed E-state index contributed by atoms with van der Waals surface area (Å²) >= 11 is 11.9. The zero-order valence-corrected chi connectivity index (χ0v) is 16.6. The van der Waals surface area contributed by atoms with Gasteiger partial charge in [-0.3, -0.25) is 20.4 Å². The molecule has 2 amide bonds. The molecule has 0 fully saturated rings. The molecule has 2 aromatic rings. The largest absolute Gasteiger partial charge is 0.391 e. The average molecular weight is 421 g/mol. The van der Waals surface area contributed by atoms with Gasteiger partial charge >= 0.3 is 0 Å². The Morgan fingerprint density at radius 2 is 1.75 bits per heavy atom. The van der Waals surface area contributed by atoms with Gasteiger partial charge in [-0.05, 0) is 55.8 Å². The Hall–Kier alpha value is -2.79. The zero-order chi connectivity index (χ0) is 20.8. The van der Waals surface area contributed by atoms with E-state index in [1.165, 1.54) is 25.1 Å². The molecule has 0 saturated carbocycles. The van der Waals surface area contributed by atoms with Gasteiger partial charge in [-0.2, -0.15) is 5.26 Å². The number of nitrogens with zero attached hydrogens (tertiary/aromatic N) is 1. The summed E-state index contributed by atoms with van der Waals surface area (Å²) < 4.78 is 0. The van der Waals surface area contributed by atoms with Gasteiger partial charge in [-0.25, -0.2) is 0 Å². The monoisotopic (exact) mass is 420 g/mol. The minimum Gasteiger partial charge on any atom is -0.391 e. The smallest absolute Gasteiger partial charge is 0.269 e. The summed E-state index contributed by atoms with van der Waals surface area (Å²) in [7, 11) is 0. The van der Waals surface area contributed by atoms with E-state index < -0.39 is 24.0 Å². The molecule has 0 spiro atoms. The lowest BCUT2D eigenvalue weighted by Gasteiger charge is -2.23. The normalized spacial score (nSPS) is 12.4. The predicted octanol–water partition coefficient (Wildman–Crippen LogP) is 2.80. The van der Waals surface area contributed by atoms with E-state index in [1.54, 1.807) is 25.1 Å². The van der Waals surface area contributed by atoms with Crippen LogP contribution in [0.3, 0.4) is 0 Å². The first-order chi connectivity index (χ1) is 13.2. The van der Waals surface area contributed by atoms with Crippen molar-refractivity contribution in [1.29, 1.82) is 5.26 Å². The topological polar surface area (TPSA) is 114 Å². The second-order valence-electron chi connectivity index (χ2n) is 6.02. The Bertz CT molecular complexity index is 924. The highest BCUT2D eigenvalue weighted by Gasteiger charge is 2.25. The molecule has 4 N–H and O–H groups in total. The SMILES string of the molecule is Cc1c(N[C@@H](C(=O)NNC(=O)c2ccc(Cl)cc2)[C@H](C)O)ccc(C#N)c1Cl. The van der Waals surface area contributed by atoms with Crippen molar-refractivity contribution >= 4 is 40.7 Å². The lowest BCUT2D eigenvalue weighted by atomic mass is 10.1. The van der Waals surface area contributed by atoms with Crippen LogP contribution in [0.1, 0.15) is 28.4 Å². The lowest BCUT2D eigenvalue weighted by Crippen LogP contribution is -2.52. The number of hydrogen-bond acceptors (Lipinski definition) is 5. The van der Waals surface area contributed by atoms with Crippen LogP contribution in [0.15, 0.2) is 36.4 Å². The summed E-state index contributed by atoms with van der Waals surface area (Å²) in [5, 5.41) is 22.6. The summed E-state index contributed by atoms with van der Waals surface area (Å²) in [5.41, 5.74) is 6.21. The van der Waals surface area contributed by atoms with Gasteiger partial charge in [0, 0.05) is 16.3 Å². The molecule has 7 nitrogen and oxygen atoms in total. The third kappa shape index (κ3) is 5.14. The van der Waals surface area contributed by atoms with Gasteiger partial charge in [0.05, 0.1) is 16.7 Å². The lowest BCUT2D eigenvalue weighted by molar-refractivity contribution is -0.124. The number of rotatable bonds is 5. The maximum Gasteiger partial charge on any atom is 0.269 e. The van der Waals surface area contributed by atoms with E-state index >= 15 is 0 Å². The molecule has 2 aromatic carbocycles. The summed E-state index contributed by atoms with van der Waals surface area (Å²) in [6.07, 6.45) is -1.08. The van der Waals surface area contributed by atoms with Crippen LogP contribution in [0.25, 0.3) is 0 Å². The molecular formula is C19H18Cl2N4O3. The summed E-state index contributed by atoms with van der Waals surface area (Å²) in [5.74, 6) is -1.19. The van der Waals surface area contributed by atoms with Crippen molar-refractivity contribution in [1.82, 2.24) is 10.9 Å². The number of benzene rings is 2. The summed E-state index contributed by atoms with van der Waals surface area (Å²) in [6, 6.07) is 10.1. The Labute approximate surface area is 172 Å². The van der Waals surface area contributed by atoms with E-state index in [0.29, 0.717) is 27.4 Å². The third-order valence-corrected chi connectivity index (χ3v) is 4.73. The Morgan fingerprint density at radius 1 is 1.11 bits per heavy atom. The number of carbonyl (C=O) groups excluding carboxylic acids is 2. The number of aliphatic hydroxyl groups is 1. The van der Waals surface area contributed by atoms with Crippen LogP contribution < -0.4 is 16.2 Å². The zero-order valence-electron chi connectivity index (χ0n) is 15.1. The van der Waals surface area contributed by atoms with Crippen molar-refractivity contribution in [3.05, 3.63) is 63.1 Å². The maximum atomic E-state index is 12.4. The number of anilines is 1. The molecule has 2 atom stereocenters. The Kier molecular flexibility index (Phi) is 7.24. The van der Waals surface area contributed by atoms with Gasteiger partial charge in [0.1, 0.15) is 12.1 Å². The highest BCUT2D eigenvalue weighted by molar-refractivity contribution is 6.33. The first-order valence-corrected chi connectivity index (χ1v) is 8.99. The predicted molar refractivity (Wildman–Crippen MR) is 107 cm³/mol. The molecule has 0 aliphatic carbocycles. The van der Waals surface area contributed by atoms with Crippen molar-refractivity contribution in [2.24, 2.45) is 0 Å². The molecule has 0 heterocycles. The number of nitriles is 1. The molecule has 28 heavy (non-hydrogen) atoms. The summed E-state index contributed by atoms with van der Waals surface area (Å²) in [6.45, 7) is 3.11. The van der Waals surface area contributed by atoms with Gasteiger partial charge < -0.3 is 10.4 Å². The Balaban J connectivity index is 2.08. The fourth-order valence-corrected chi connectivity index (χ4v) is 2.70. The molecule has 2 rings (SSSR count). The first-order valence-electron chi connectivity index (χ1n) is 8.24. The molecule has 0 unspecified atom stereocenters. The molecule has 9 heteroatoms. The second kappa shape index (κ2) is 9.42. The number of carbonyl (C=O) groups is 2. The molecule has 0 aliphatic heterocycles. The quantitative estimate of drug-likeness (QED) is 0.555. The number of amides is 2. The van der Waals surface area contributed by atoms with Crippen LogP contribution in [0, 0.1) is 18.3 Å². The van der Waals surface area contributed by atoms with Crippen LogP contribution >= 0.6 is 23.2 Å². The third-order valence-electron chi connectivity index (χ3n) is 3.99. The van der Waals surface area contributed by atoms with E-state index in [9.17, 15) is 14.7 Å². The Morgan fingerprint density at radius 3 is 2.32 bits per heavy atom. The van der Waals surface area contributed by atoms with Gasteiger partial charge in [-0.1, -0.05) is 23.2 Å². The molecule has 0 saturated heterocycles. The number of nitrogens with one attached hydrogen (secondary N) is 3. The van der Waals surface area contributed by atoms with Crippen LogP contribution in [-0.2, 0) is 4.79 Å². The van der Waals surface area contributed by atoms with Crippen molar-refractivity contribution < 1.29 is 14.7 Å². The molecule has 0 radical (unpaired) electrons. The number of halogens is 2. The van der Waals surface area contributed by atoms with Crippen molar-refractivity contribution in [2.45, 2.75) is 26.0 Å². The highest BCUT2D eigenvalue weighted by atomic mass is 35.5. The highest BCUT2D eigenvalue weighted by Crippen LogP contribution is 2.27. The molecule has 0 aromatic heterocycles. The maximum absolute atomic E-state index is 12.4. The van der Waals surface area contributed by atoms with E-state index in [-0.39, 0.29) is 5.02 Å².